The van der Waals surface area contributed by atoms with Gasteiger partial charge in [-0.15, -0.1) is 12.9 Å². The number of hydrogen-bond acceptors (Lipinski definition) is 2. The minimum absolute atomic E-state index is 0. The zero-order valence-electron chi connectivity index (χ0n) is 12.3. The molecule has 1 aliphatic rings. The molecule has 1 aliphatic heterocycles. The molecule has 17 heavy (non-hydrogen) atoms. The Morgan fingerprint density at radius 3 is 2.29 bits per heavy atom. The standard InChI is InChI=1S/C13H26BO2.Li/c1-5-6-7-8-9-10-14(4)15-11-13(2,3)12-16-14;/h9-10H,5-8,11-12H2,1-4H3;/q-1;+1/b10-9+;. The molecular weight excluding hydrogens is 206 g/mol. The van der Waals surface area contributed by atoms with Crippen LogP contribution in [0.25, 0.3) is 0 Å². The van der Waals surface area contributed by atoms with Crippen LogP contribution in [0.5, 0.6) is 0 Å². The van der Waals surface area contributed by atoms with Gasteiger partial charge in [0, 0.05) is 18.6 Å². The topological polar surface area (TPSA) is 18.5 Å². The van der Waals surface area contributed by atoms with Crippen LogP contribution in [-0.2, 0) is 9.31 Å². The van der Waals surface area contributed by atoms with Gasteiger partial charge in [-0.25, -0.2) is 0 Å². The molecule has 0 aromatic rings. The molecule has 0 aromatic carbocycles. The first-order valence-electron chi connectivity index (χ1n) is 6.62. The summed E-state index contributed by atoms with van der Waals surface area (Å²) in [5, 5.41) is 0. The second-order valence-electron chi connectivity index (χ2n) is 5.88. The number of unbranched alkanes of at least 4 members (excludes halogenated alkanes) is 3. The Labute approximate surface area is 119 Å². The van der Waals surface area contributed by atoms with Crippen molar-refractivity contribution in [3.63, 3.8) is 0 Å². The minimum atomic E-state index is -1.16. The molecule has 0 unspecified atom stereocenters. The molecule has 0 bridgehead atoms. The Hall–Kier alpha value is 0.322. The van der Waals surface area contributed by atoms with Gasteiger partial charge in [0.05, 0.1) is 0 Å². The molecular formula is C13H26BLiO2. The smallest absolute Gasteiger partial charge is 0.564 e. The van der Waals surface area contributed by atoms with Crippen LogP contribution in [0, 0.1) is 5.41 Å². The summed E-state index contributed by atoms with van der Waals surface area (Å²) in [5.74, 6) is 2.13. The molecule has 1 rings (SSSR count). The predicted molar refractivity (Wildman–Crippen MR) is 70.6 cm³/mol. The Kier molecular flexibility index (Phi) is 7.84. The maximum absolute atomic E-state index is 5.84. The van der Waals surface area contributed by atoms with Gasteiger partial charge in [-0.2, -0.15) is 5.98 Å². The quantitative estimate of drug-likeness (QED) is 0.516. The summed E-state index contributed by atoms with van der Waals surface area (Å²) in [7, 11) is 0. The molecule has 0 saturated carbocycles. The van der Waals surface area contributed by atoms with Gasteiger partial charge < -0.3 is 9.31 Å². The van der Waals surface area contributed by atoms with E-state index in [0.29, 0.717) is 0 Å². The van der Waals surface area contributed by atoms with Crippen molar-refractivity contribution in [2.75, 3.05) is 13.2 Å². The molecule has 0 atom stereocenters. The van der Waals surface area contributed by atoms with Crippen LogP contribution in [0.15, 0.2) is 12.1 Å². The van der Waals surface area contributed by atoms with Crippen LogP contribution in [0.4, 0.5) is 0 Å². The number of rotatable bonds is 5. The van der Waals surface area contributed by atoms with Crippen LogP contribution in [0.3, 0.4) is 0 Å². The van der Waals surface area contributed by atoms with Crippen LogP contribution in [-0.4, -0.2) is 19.8 Å². The Morgan fingerprint density at radius 2 is 1.76 bits per heavy atom. The van der Waals surface area contributed by atoms with E-state index in [4.69, 9.17) is 9.31 Å². The van der Waals surface area contributed by atoms with Crippen LogP contribution < -0.4 is 18.9 Å². The molecule has 1 fully saturated rings. The molecule has 0 N–H and O–H groups in total. The molecule has 1 saturated heterocycles. The van der Waals surface area contributed by atoms with Gasteiger partial charge >= 0.3 is 18.9 Å². The maximum Gasteiger partial charge on any atom is 1.00 e. The third-order valence-corrected chi connectivity index (χ3v) is 3.07. The van der Waals surface area contributed by atoms with Gasteiger partial charge in [0.15, 0.2) is 0 Å². The number of hydrogen-bond donors (Lipinski definition) is 0. The van der Waals surface area contributed by atoms with E-state index >= 15 is 0 Å². The van der Waals surface area contributed by atoms with Crippen molar-refractivity contribution in [3.8, 4) is 0 Å². The third kappa shape index (κ3) is 6.72. The number of allylic oxidation sites excluding steroid dienone is 1. The Bertz CT molecular complexity index is 232. The molecule has 0 spiro atoms. The van der Waals surface area contributed by atoms with Crippen LogP contribution >= 0.6 is 0 Å². The summed E-state index contributed by atoms with van der Waals surface area (Å²) >= 11 is 0. The molecule has 2 nitrogen and oxygen atoms in total. The van der Waals surface area contributed by atoms with Crippen molar-refractivity contribution in [1.82, 2.24) is 0 Å². The molecule has 94 valence electrons. The van der Waals surface area contributed by atoms with E-state index in [1.807, 2.05) is 0 Å². The van der Waals surface area contributed by atoms with E-state index in [0.717, 1.165) is 19.6 Å². The van der Waals surface area contributed by atoms with E-state index in [9.17, 15) is 0 Å². The molecule has 0 radical (unpaired) electrons. The van der Waals surface area contributed by atoms with Crippen LogP contribution in [0.2, 0.25) is 6.82 Å². The summed E-state index contributed by atoms with van der Waals surface area (Å²) in [5.41, 5.74) is 0.164. The first-order valence-corrected chi connectivity index (χ1v) is 6.62. The second-order valence-corrected chi connectivity index (χ2v) is 5.88. The fourth-order valence-electron chi connectivity index (χ4n) is 1.84. The molecule has 0 aromatic heterocycles. The van der Waals surface area contributed by atoms with Crippen molar-refractivity contribution in [2.45, 2.75) is 53.3 Å². The molecule has 0 amide bonds. The average molecular weight is 232 g/mol. The fourth-order valence-corrected chi connectivity index (χ4v) is 1.84. The van der Waals surface area contributed by atoms with E-state index < -0.39 is 6.55 Å². The molecule has 0 aliphatic carbocycles. The van der Waals surface area contributed by atoms with Gasteiger partial charge in [0.25, 0.3) is 6.55 Å². The van der Waals surface area contributed by atoms with Crippen molar-refractivity contribution >= 4 is 6.55 Å². The van der Waals surface area contributed by atoms with Crippen molar-refractivity contribution in [2.24, 2.45) is 5.41 Å². The average Bonchev–Trinajstić information content (AvgIpc) is 2.23. The zero-order chi connectivity index (χ0) is 12.1. The summed E-state index contributed by atoms with van der Waals surface area (Å²) in [6.45, 7) is 9.07. The Morgan fingerprint density at radius 1 is 1.18 bits per heavy atom. The Balaban J connectivity index is 0.00000256. The van der Waals surface area contributed by atoms with Crippen LogP contribution in [0.1, 0.15) is 46.5 Å². The second kappa shape index (κ2) is 7.69. The van der Waals surface area contributed by atoms with Gasteiger partial charge in [0.1, 0.15) is 0 Å². The van der Waals surface area contributed by atoms with Gasteiger partial charge in [-0.1, -0.05) is 33.6 Å². The normalized spacial score (nSPS) is 22.4. The van der Waals surface area contributed by atoms with E-state index in [-0.39, 0.29) is 24.3 Å². The van der Waals surface area contributed by atoms with Gasteiger partial charge in [-0.05, 0) is 12.8 Å². The summed E-state index contributed by atoms with van der Waals surface area (Å²) in [6.07, 6.45) is 7.21. The first-order chi connectivity index (χ1) is 7.47. The van der Waals surface area contributed by atoms with Gasteiger partial charge in [-0.3, -0.25) is 0 Å². The first kappa shape index (κ1) is 17.3. The van der Waals surface area contributed by atoms with Crippen molar-refractivity contribution in [3.05, 3.63) is 12.1 Å². The summed E-state index contributed by atoms with van der Waals surface area (Å²) in [4.78, 5) is 0. The SMILES string of the molecule is CCCCC/C=C/[B-]1(C)OCC(C)(C)CO1.[Li+]. The van der Waals surface area contributed by atoms with Gasteiger partial charge in [0.2, 0.25) is 0 Å². The summed E-state index contributed by atoms with van der Waals surface area (Å²) < 4.78 is 11.7. The predicted octanol–water partition coefficient (Wildman–Crippen LogP) is 0.811. The monoisotopic (exact) mass is 232 g/mol. The molecule has 1 heterocycles. The van der Waals surface area contributed by atoms with Crippen molar-refractivity contribution in [1.29, 1.82) is 0 Å². The minimum Gasteiger partial charge on any atom is -0.564 e. The molecule has 4 heteroatoms. The fraction of sp³-hybridized carbons (Fsp3) is 0.846. The van der Waals surface area contributed by atoms with Crippen molar-refractivity contribution < 1.29 is 28.2 Å². The zero-order valence-corrected chi connectivity index (χ0v) is 12.3. The van der Waals surface area contributed by atoms with E-state index in [2.05, 4.69) is 39.6 Å². The maximum atomic E-state index is 5.84. The summed E-state index contributed by atoms with van der Waals surface area (Å²) in [6, 6.07) is 0. The largest absolute Gasteiger partial charge is 1.00 e. The van der Waals surface area contributed by atoms with E-state index in [1.165, 1.54) is 19.3 Å². The van der Waals surface area contributed by atoms with E-state index in [1.54, 1.807) is 0 Å². The third-order valence-electron chi connectivity index (χ3n) is 3.07.